The lowest BCUT2D eigenvalue weighted by atomic mass is 10.0. The molecule has 14 N–H and O–H groups in total. The number of nitrogens with one attached hydrogen (secondary N) is 9. The van der Waals surface area contributed by atoms with Gasteiger partial charge in [0.2, 0.25) is 47.3 Å². The second kappa shape index (κ2) is 44.1. The van der Waals surface area contributed by atoms with Gasteiger partial charge in [-0.2, -0.15) is 5.21 Å². The number of carbonyl (C=O) groups excluding carboxylic acids is 9. The summed E-state index contributed by atoms with van der Waals surface area (Å²) in [5.74, 6) is -9.43. The molecule has 0 bridgehead atoms. The Kier molecular flexibility index (Phi) is 38.1. The Balaban J connectivity index is 1.81. The zero-order valence-corrected chi connectivity index (χ0v) is 48.4. The van der Waals surface area contributed by atoms with E-state index in [9.17, 15) is 68.1 Å². The quantitative estimate of drug-likeness (QED) is 0.0331. The number of rotatable bonds is 51. The number of carboxylic acids is 2. The number of aliphatic hydroxyl groups excluding tert-OH is 1. The Morgan fingerprint density at radius 2 is 1.20 bits per heavy atom. The van der Waals surface area contributed by atoms with Crippen molar-refractivity contribution in [2.24, 2.45) is 5.73 Å². The van der Waals surface area contributed by atoms with Gasteiger partial charge in [-0.3, -0.25) is 57.6 Å². The van der Waals surface area contributed by atoms with Gasteiger partial charge in [-0.05, 0) is 32.6 Å². The predicted octanol–water partition coefficient (Wildman–Crippen LogP) is -1.63. The number of imidazole rings is 1. The van der Waals surface area contributed by atoms with E-state index in [4.69, 9.17) is 15.2 Å². The van der Waals surface area contributed by atoms with Crippen molar-refractivity contribution in [3.05, 3.63) is 24.0 Å². The first-order valence-corrected chi connectivity index (χ1v) is 28.8. The number of amides is 8. The number of aliphatic hydroxyl groups is 1. The Labute approximate surface area is 488 Å². The van der Waals surface area contributed by atoms with Crippen LogP contribution in [0.15, 0.2) is 12.5 Å². The van der Waals surface area contributed by atoms with Gasteiger partial charge in [0.1, 0.15) is 30.8 Å². The first kappa shape index (κ1) is 72.6. The molecule has 31 heteroatoms. The molecule has 0 spiro atoms. The fourth-order valence-electron chi connectivity index (χ4n) is 8.48. The van der Waals surface area contributed by atoms with Crippen LogP contribution in [0.25, 0.3) is 0 Å². The third-order valence-electron chi connectivity index (χ3n) is 13.0. The highest BCUT2D eigenvalue weighted by Gasteiger charge is 2.34. The number of aryl methyl sites for hydroxylation is 1. The molecule has 2 rings (SSSR count). The number of carboxylic acid groups (broad SMARTS) is 2. The molecule has 8 amide bonds. The molecule has 472 valence electrons. The number of H-pyrrole nitrogens is 2. The Morgan fingerprint density at radius 3 is 1.77 bits per heavy atom. The van der Waals surface area contributed by atoms with E-state index in [1.807, 2.05) is 6.92 Å². The molecule has 0 aliphatic rings. The van der Waals surface area contributed by atoms with Crippen molar-refractivity contribution in [1.82, 2.24) is 72.7 Å². The van der Waals surface area contributed by atoms with E-state index >= 15 is 0 Å². The first-order chi connectivity index (χ1) is 40.3. The lowest BCUT2D eigenvalue weighted by Gasteiger charge is -2.29. The zero-order valence-electron chi connectivity index (χ0n) is 48.4. The number of carbonyl (C=O) groups is 11. The van der Waals surface area contributed by atoms with Crippen LogP contribution < -0.4 is 43.0 Å². The van der Waals surface area contributed by atoms with Crippen LogP contribution >= 0.6 is 0 Å². The van der Waals surface area contributed by atoms with Crippen molar-refractivity contribution in [2.45, 2.75) is 179 Å². The highest BCUT2D eigenvalue weighted by molar-refractivity contribution is 5.97. The summed E-state index contributed by atoms with van der Waals surface area (Å²) in [6.07, 6.45) is 19.1. The van der Waals surface area contributed by atoms with Crippen molar-refractivity contribution in [3.8, 4) is 0 Å². The number of tetrazole rings is 1. The molecule has 0 fully saturated rings. The zero-order chi connectivity index (χ0) is 61.9. The normalized spacial score (nSPS) is 12.9. The topological polar surface area (TPSA) is 464 Å². The Hall–Kier alpha value is -7.51. The third-order valence-corrected chi connectivity index (χ3v) is 13.0. The van der Waals surface area contributed by atoms with Crippen molar-refractivity contribution < 1.29 is 77.5 Å². The van der Waals surface area contributed by atoms with Crippen LogP contribution in [0.3, 0.4) is 0 Å². The molecular weight excluding hydrogens is 1100 g/mol. The number of hydrogen-bond donors (Lipinski definition) is 13. The number of hydrogen-bond acceptors (Lipinski definition) is 19. The third kappa shape index (κ3) is 34.8. The van der Waals surface area contributed by atoms with Crippen LogP contribution in [0, 0.1) is 0 Å². The summed E-state index contributed by atoms with van der Waals surface area (Å²) in [6, 6.07) is -7.72. The van der Waals surface area contributed by atoms with Gasteiger partial charge in [-0.15, -0.1) is 10.2 Å². The van der Waals surface area contributed by atoms with E-state index in [2.05, 4.69) is 67.8 Å². The largest absolute Gasteiger partial charge is 0.480 e. The van der Waals surface area contributed by atoms with Gasteiger partial charge >= 0.3 is 11.9 Å². The SMILES string of the molecule is CCCC[C@H](NC(=O)[C@H](CN(CC(=O)O)CC(=O)O)NC(=O)[C@H](Cc1cnc[nH]1)NC(=O)[C@H](CCC(N)=O)NC(=O)[C@H](CO)NC(=O)CNC(=O)COCCOCCNC(=O)CCCCCCCCCCCCCCCc1nn[nH]n1)C(C)=O. The van der Waals surface area contributed by atoms with Crippen LogP contribution in [0.4, 0.5) is 0 Å². The maximum absolute atomic E-state index is 14.1. The number of aromatic nitrogens is 6. The summed E-state index contributed by atoms with van der Waals surface area (Å²) in [4.78, 5) is 148. The molecule has 0 unspecified atom stereocenters. The smallest absolute Gasteiger partial charge is 0.317 e. The minimum absolute atomic E-state index is 0.0191. The highest BCUT2D eigenvalue weighted by atomic mass is 16.5. The van der Waals surface area contributed by atoms with Gasteiger partial charge in [0.05, 0.1) is 58.4 Å². The number of primary amides is 1. The number of ether oxygens (including phenoxy) is 2. The molecule has 0 saturated heterocycles. The van der Waals surface area contributed by atoms with Crippen LogP contribution in [0.2, 0.25) is 0 Å². The van der Waals surface area contributed by atoms with E-state index in [1.54, 1.807) is 0 Å². The molecule has 0 aliphatic heterocycles. The van der Waals surface area contributed by atoms with E-state index in [1.165, 1.54) is 77.2 Å². The molecule has 0 aromatic carbocycles. The molecule has 2 heterocycles. The van der Waals surface area contributed by atoms with Crippen LogP contribution in [-0.4, -0.2) is 212 Å². The highest BCUT2D eigenvalue weighted by Crippen LogP contribution is 2.14. The molecule has 5 atom stereocenters. The number of nitrogens with two attached hydrogens (primary N) is 1. The van der Waals surface area contributed by atoms with Gasteiger partial charge in [-0.25, -0.2) is 4.98 Å². The van der Waals surface area contributed by atoms with E-state index < -0.39 is 142 Å². The molecule has 0 aliphatic carbocycles. The van der Waals surface area contributed by atoms with E-state index in [0.29, 0.717) is 25.8 Å². The Bertz CT molecular complexity index is 2280. The average Bonchev–Trinajstić information content (AvgIpc) is 4.25. The van der Waals surface area contributed by atoms with Crippen molar-refractivity contribution >= 4 is 65.0 Å². The van der Waals surface area contributed by atoms with Gasteiger partial charge < -0.3 is 72.7 Å². The van der Waals surface area contributed by atoms with Gasteiger partial charge in [0.15, 0.2) is 11.6 Å². The summed E-state index contributed by atoms with van der Waals surface area (Å²) in [5.41, 5.74) is 5.62. The molecular formula is C53H89N15O16. The minimum Gasteiger partial charge on any atom is -0.480 e. The second-order valence-electron chi connectivity index (χ2n) is 20.3. The molecule has 84 heavy (non-hydrogen) atoms. The average molecular weight is 1190 g/mol. The molecule has 2 aromatic heterocycles. The van der Waals surface area contributed by atoms with Crippen molar-refractivity contribution in [3.63, 3.8) is 0 Å². The molecule has 2 aromatic rings. The van der Waals surface area contributed by atoms with Gasteiger partial charge in [0.25, 0.3) is 0 Å². The molecule has 0 radical (unpaired) electrons. The van der Waals surface area contributed by atoms with Gasteiger partial charge in [0, 0.05) is 50.7 Å². The van der Waals surface area contributed by atoms with Crippen molar-refractivity contribution in [2.75, 3.05) is 65.8 Å². The number of aliphatic carboxylic acids is 2. The summed E-state index contributed by atoms with van der Waals surface area (Å²) in [7, 11) is 0. The number of ketones is 1. The van der Waals surface area contributed by atoms with Crippen molar-refractivity contribution in [1.29, 1.82) is 0 Å². The predicted molar refractivity (Wildman–Crippen MR) is 300 cm³/mol. The Morgan fingerprint density at radius 1 is 0.631 bits per heavy atom. The number of Topliss-reactive ketones (excluding diaryl/α,β-unsaturated/α-hetero) is 1. The van der Waals surface area contributed by atoms with Crippen LogP contribution in [-0.2, 0) is 75.1 Å². The maximum atomic E-state index is 14.1. The second-order valence-corrected chi connectivity index (χ2v) is 20.3. The number of nitrogens with zero attached hydrogens (tertiary/aromatic N) is 5. The standard InChI is InChI=1S/C53H89N15O16/c1-3-4-18-38(36(2)70)60-52(81)41(30-68(31-48(75)76)32-49(77)78)63-51(80)40(27-37-28-55-35-58-37)62-50(79)39(21-22-43(54)71)61-53(82)42(33-69)59-46(73)29-57-47(74)34-84-26-25-83-24-23-56-45(72)20-17-15-13-11-9-7-5-6-8-10-12-14-16-19-44-64-66-67-65-44/h28,35,38-42,69H,3-27,29-34H2,1-2H3,(H2,54,71)(H,55,58)(H,56,72)(H,57,74)(H,59,73)(H,60,81)(H,61,82)(H,62,79)(H,63,80)(H,75,76)(H,77,78)(H,64,65,66,67)/t38-,39-,40-,41-,42-/m0/s1. The monoisotopic (exact) mass is 1190 g/mol. The first-order valence-electron chi connectivity index (χ1n) is 28.8. The molecule has 0 saturated carbocycles. The lowest BCUT2D eigenvalue weighted by molar-refractivity contribution is -0.143. The van der Waals surface area contributed by atoms with Crippen LogP contribution in [0.5, 0.6) is 0 Å². The van der Waals surface area contributed by atoms with Crippen LogP contribution in [0.1, 0.15) is 147 Å². The number of unbranched alkanes of at least 4 members (excludes halogenated alkanes) is 13. The summed E-state index contributed by atoms with van der Waals surface area (Å²) >= 11 is 0. The fraction of sp³-hybridized carbons (Fsp3) is 0.717. The maximum Gasteiger partial charge on any atom is 0.317 e. The lowest BCUT2D eigenvalue weighted by Crippen LogP contribution is -2.61. The molecule has 31 nitrogen and oxygen atoms in total. The minimum atomic E-state index is -1.71. The van der Waals surface area contributed by atoms with E-state index in [-0.39, 0.29) is 44.3 Å². The summed E-state index contributed by atoms with van der Waals surface area (Å²) in [6.45, 7) is -0.791. The number of aromatic amines is 2. The van der Waals surface area contributed by atoms with E-state index in [0.717, 1.165) is 42.8 Å². The summed E-state index contributed by atoms with van der Waals surface area (Å²) < 4.78 is 10.7. The van der Waals surface area contributed by atoms with Gasteiger partial charge in [-0.1, -0.05) is 95.6 Å². The fourth-order valence-corrected chi connectivity index (χ4v) is 8.48. The summed E-state index contributed by atoms with van der Waals surface area (Å²) in [5, 5.41) is 60.0.